The quantitative estimate of drug-likeness (QED) is 0.887. The molecule has 0 fully saturated rings. The summed E-state index contributed by atoms with van der Waals surface area (Å²) in [6.45, 7) is 4.46. The van der Waals surface area contributed by atoms with Crippen LogP contribution in [0, 0.1) is 6.92 Å². The molecule has 0 radical (unpaired) electrons. The highest BCUT2D eigenvalue weighted by Crippen LogP contribution is 2.29. The van der Waals surface area contributed by atoms with Gasteiger partial charge in [-0.15, -0.1) is 0 Å². The zero-order valence-corrected chi connectivity index (χ0v) is 10.0. The number of aromatic amines is 1. The highest BCUT2D eigenvalue weighted by Gasteiger charge is 2.05. The molecule has 0 unspecified atom stereocenters. The second-order valence-corrected chi connectivity index (χ2v) is 3.87. The van der Waals surface area contributed by atoms with Crippen molar-refractivity contribution < 1.29 is 4.74 Å². The van der Waals surface area contributed by atoms with Crippen LogP contribution in [0.3, 0.4) is 0 Å². The Hall–Kier alpha value is -1.48. The van der Waals surface area contributed by atoms with Gasteiger partial charge < -0.3 is 9.72 Å². The number of nitrogens with zero attached hydrogens (tertiary/aromatic N) is 1. The van der Waals surface area contributed by atoms with Crippen LogP contribution in [0.1, 0.15) is 12.7 Å². The molecule has 0 saturated heterocycles. The van der Waals surface area contributed by atoms with E-state index in [1.165, 1.54) is 0 Å². The van der Waals surface area contributed by atoms with Gasteiger partial charge in [0, 0.05) is 5.56 Å². The van der Waals surface area contributed by atoms with Crippen LogP contribution >= 0.6 is 11.6 Å². The van der Waals surface area contributed by atoms with Crippen LogP contribution in [0.5, 0.6) is 5.75 Å². The second-order valence-electron chi connectivity index (χ2n) is 3.46. The average Bonchev–Trinajstić information content (AvgIpc) is 2.68. The molecule has 2 aromatic rings. The predicted octanol–water partition coefficient (Wildman–Crippen LogP) is 3.44. The van der Waals surface area contributed by atoms with Crippen LogP contribution in [0.15, 0.2) is 24.4 Å². The average molecular weight is 237 g/mol. The van der Waals surface area contributed by atoms with Crippen LogP contribution in [0.2, 0.25) is 5.02 Å². The molecule has 0 bridgehead atoms. The molecule has 0 aliphatic carbocycles. The smallest absolute Gasteiger partial charge is 0.137 e. The largest absolute Gasteiger partial charge is 0.492 e. The van der Waals surface area contributed by atoms with E-state index < -0.39 is 0 Å². The molecule has 84 valence electrons. The molecule has 16 heavy (non-hydrogen) atoms. The van der Waals surface area contributed by atoms with E-state index in [1.54, 1.807) is 6.20 Å². The number of halogens is 1. The van der Waals surface area contributed by atoms with Crippen molar-refractivity contribution in [3.05, 3.63) is 35.2 Å². The molecule has 0 aliphatic rings. The molecule has 1 N–H and O–H groups in total. The normalized spacial score (nSPS) is 10.4. The Kier molecular flexibility index (Phi) is 3.15. The fourth-order valence-electron chi connectivity index (χ4n) is 1.51. The molecule has 4 heteroatoms. The third-order valence-electron chi connectivity index (χ3n) is 2.25. The van der Waals surface area contributed by atoms with Gasteiger partial charge in [-0.2, -0.15) is 0 Å². The van der Waals surface area contributed by atoms with Crippen molar-refractivity contribution in [2.24, 2.45) is 0 Å². The van der Waals surface area contributed by atoms with Gasteiger partial charge in [0.25, 0.3) is 0 Å². The maximum atomic E-state index is 6.11. The number of imidazole rings is 1. The molecule has 0 amide bonds. The van der Waals surface area contributed by atoms with Crippen LogP contribution in [-0.2, 0) is 0 Å². The van der Waals surface area contributed by atoms with Gasteiger partial charge in [-0.05, 0) is 32.0 Å². The van der Waals surface area contributed by atoms with Gasteiger partial charge in [0.2, 0.25) is 0 Å². The molecular weight excluding hydrogens is 224 g/mol. The van der Waals surface area contributed by atoms with Gasteiger partial charge in [0.15, 0.2) is 0 Å². The van der Waals surface area contributed by atoms with Gasteiger partial charge in [-0.3, -0.25) is 0 Å². The Bertz CT molecular complexity index is 494. The first-order valence-electron chi connectivity index (χ1n) is 5.15. The monoisotopic (exact) mass is 236 g/mol. The first kappa shape index (κ1) is 11.0. The number of hydrogen-bond donors (Lipinski definition) is 1. The maximum absolute atomic E-state index is 6.11. The van der Waals surface area contributed by atoms with E-state index in [2.05, 4.69) is 9.97 Å². The van der Waals surface area contributed by atoms with Crippen molar-refractivity contribution in [1.29, 1.82) is 0 Å². The number of H-pyrrole nitrogens is 1. The van der Waals surface area contributed by atoms with E-state index >= 15 is 0 Å². The SMILES string of the molecule is CCOc1ccc(-c2cnc(C)[nH]2)cc1Cl. The molecule has 1 aromatic heterocycles. The number of aryl methyl sites for hydroxylation is 1. The lowest BCUT2D eigenvalue weighted by Gasteiger charge is -2.06. The predicted molar refractivity (Wildman–Crippen MR) is 64.9 cm³/mol. The fraction of sp³-hybridized carbons (Fsp3) is 0.250. The van der Waals surface area contributed by atoms with E-state index in [0.29, 0.717) is 17.4 Å². The van der Waals surface area contributed by atoms with Gasteiger partial charge in [0.1, 0.15) is 11.6 Å². The Labute approximate surface area is 99.4 Å². The lowest BCUT2D eigenvalue weighted by atomic mass is 10.1. The van der Waals surface area contributed by atoms with Crippen molar-refractivity contribution in [1.82, 2.24) is 9.97 Å². The maximum Gasteiger partial charge on any atom is 0.137 e. The first-order valence-corrected chi connectivity index (χ1v) is 5.53. The summed E-state index contributed by atoms with van der Waals surface area (Å²) < 4.78 is 5.37. The number of rotatable bonds is 3. The van der Waals surface area contributed by atoms with Crippen molar-refractivity contribution >= 4 is 11.6 Å². The Morgan fingerprint density at radius 1 is 1.44 bits per heavy atom. The first-order chi connectivity index (χ1) is 7.70. The number of hydrogen-bond acceptors (Lipinski definition) is 2. The standard InChI is InChI=1S/C12H13ClN2O/c1-3-16-12-5-4-9(6-10(12)13)11-7-14-8(2)15-11/h4-7H,3H2,1-2H3,(H,14,15). The summed E-state index contributed by atoms with van der Waals surface area (Å²) in [7, 11) is 0. The van der Waals surface area contributed by atoms with Gasteiger partial charge in [0.05, 0.1) is 23.5 Å². The second kappa shape index (κ2) is 4.58. The van der Waals surface area contributed by atoms with E-state index in [4.69, 9.17) is 16.3 Å². The summed E-state index contributed by atoms with van der Waals surface area (Å²) in [5, 5.41) is 0.617. The summed E-state index contributed by atoms with van der Waals surface area (Å²) in [5.41, 5.74) is 1.97. The highest BCUT2D eigenvalue weighted by molar-refractivity contribution is 6.32. The third kappa shape index (κ3) is 2.19. The van der Waals surface area contributed by atoms with Crippen LogP contribution < -0.4 is 4.74 Å². The van der Waals surface area contributed by atoms with Crippen molar-refractivity contribution in [2.75, 3.05) is 6.61 Å². The molecular formula is C12H13ClN2O. The Morgan fingerprint density at radius 2 is 2.25 bits per heavy atom. The summed E-state index contributed by atoms with van der Waals surface area (Å²) in [6.07, 6.45) is 1.79. The Morgan fingerprint density at radius 3 is 2.81 bits per heavy atom. The zero-order chi connectivity index (χ0) is 11.5. The third-order valence-corrected chi connectivity index (χ3v) is 2.54. The molecule has 1 heterocycles. The van der Waals surface area contributed by atoms with Gasteiger partial charge >= 0.3 is 0 Å². The lowest BCUT2D eigenvalue weighted by molar-refractivity contribution is 0.340. The number of benzene rings is 1. The van der Waals surface area contributed by atoms with E-state index in [9.17, 15) is 0 Å². The molecule has 1 aromatic carbocycles. The highest BCUT2D eigenvalue weighted by atomic mass is 35.5. The van der Waals surface area contributed by atoms with Crippen molar-refractivity contribution in [3.8, 4) is 17.0 Å². The molecule has 2 rings (SSSR count). The summed E-state index contributed by atoms with van der Waals surface area (Å²) in [4.78, 5) is 7.31. The van der Waals surface area contributed by atoms with E-state index in [1.807, 2.05) is 32.0 Å². The van der Waals surface area contributed by atoms with Crippen LogP contribution in [0.25, 0.3) is 11.3 Å². The number of nitrogens with one attached hydrogen (secondary N) is 1. The van der Waals surface area contributed by atoms with Crippen molar-refractivity contribution in [3.63, 3.8) is 0 Å². The lowest BCUT2D eigenvalue weighted by Crippen LogP contribution is -1.92. The molecule has 0 aliphatic heterocycles. The van der Waals surface area contributed by atoms with Gasteiger partial charge in [-0.25, -0.2) is 4.98 Å². The van der Waals surface area contributed by atoms with E-state index in [0.717, 1.165) is 17.1 Å². The number of ether oxygens (including phenoxy) is 1. The van der Waals surface area contributed by atoms with Crippen LogP contribution in [0.4, 0.5) is 0 Å². The minimum atomic E-state index is 0.613. The van der Waals surface area contributed by atoms with Crippen LogP contribution in [-0.4, -0.2) is 16.6 Å². The topological polar surface area (TPSA) is 37.9 Å². The van der Waals surface area contributed by atoms with E-state index in [-0.39, 0.29) is 0 Å². The summed E-state index contributed by atoms with van der Waals surface area (Å²) in [5.74, 6) is 1.60. The molecule has 3 nitrogen and oxygen atoms in total. The van der Waals surface area contributed by atoms with Crippen molar-refractivity contribution in [2.45, 2.75) is 13.8 Å². The molecule has 0 spiro atoms. The minimum absolute atomic E-state index is 0.613. The molecule has 0 atom stereocenters. The molecule has 0 saturated carbocycles. The number of aromatic nitrogens is 2. The zero-order valence-electron chi connectivity index (χ0n) is 9.25. The van der Waals surface area contributed by atoms with Gasteiger partial charge in [-0.1, -0.05) is 11.6 Å². The Balaban J connectivity index is 2.34. The minimum Gasteiger partial charge on any atom is -0.492 e. The summed E-state index contributed by atoms with van der Waals surface area (Å²) in [6, 6.07) is 5.71. The summed E-state index contributed by atoms with van der Waals surface area (Å²) >= 11 is 6.11. The fourth-order valence-corrected chi connectivity index (χ4v) is 1.74.